The summed E-state index contributed by atoms with van der Waals surface area (Å²) in [7, 11) is 0. The number of carbonyl (C=O) groups excluding carboxylic acids is 3. The normalized spacial score (nSPS) is 23.0. The van der Waals surface area contributed by atoms with Crippen LogP contribution in [0.4, 0.5) is 0 Å². The van der Waals surface area contributed by atoms with Gasteiger partial charge in [-0.05, 0) is 0 Å². The number of carbonyl (C=O) groups is 4. The summed E-state index contributed by atoms with van der Waals surface area (Å²) >= 11 is 0. The van der Waals surface area contributed by atoms with E-state index < -0.39 is 49.0 Å². The molecule has 0 amide bonds. The lowest BCUT2D eigenvalue weighted by atomic mass is 10.1. The number of esters is 3. The molecule has 3 unspecified atom stereocenters. The molecule has 1 aliphatic rings. The molecule has 0 spiro atoms. The Morgan fingerprint density at radius 3 is 2.29 bits per heavy atom. The first-order chi connectivity index (χ1) is 11.2. The highest BCUT2D eigenvalue weighted by Gasteiger charge is 2.37. The maximum Gasteiger partial charge on any atom is 0.329 e. The molecule has 0 saturated carbocycles. The van der Waals surface area contributed by atoms with E-state index in [0.29, 0.717) is 0 Å². The van der Waals surface area contributed by atoms with Crippen molar-refractivity contribution < 1.29 is 48.0 Å². The third-order valence-corrected chi connectivity index (χ3v) is 2.59. The summed E-state index contributed by atoms with van der Waals surface area (Å²) in [5, 5.41) is 8.68. The highest BCUT2D eigenvalue weighted by atomic mass is 16.7. The number of ether oxygens (including phenoxy) is 5. The van der Waals surface area contributed by atoms with Crippen molar-refractivity contribution in [3.8, 4) is 0 Å². The topological polar surface area (TPSA) is 135 Å². The van der Waals surface area contributed by atoms with E-state index >= 15 is 0 Å². The van der Waals surface area contributed by atoms with Crippen LogP contribution in [0.5, 0.6) is 0 Å². The van der Waals surface area contributed by atoms with Crippen LogP contribution in [-0.2, 0) is 42.9 Å². The van der Waals surface area contributed by atoms with Gasteiger partial charge in [-0.15, -0.1) is 0 Å². The lowest BCUT2D eigenvalue weighted by molar-refractivity contribution is -0.231. The molecule has 0 fully saturated rings. The predicted molar refractivity (Wildman–Crippen MR) is 74.3 cm³/mol. The molecule has 3 atom stereocenters. The molecule has 0 saturated heterocycles. The van der Waals surface area contributed by atoms with E-state index in [1.807, 2.05) is 0 Å². The quantitative estimate of drug-likeness (QED) is 0.486. The standard InChI is InChI=1S/C14H18O10/c1-7(15)20-5-12-10(22-8(2)16)4-11(23-9(3)17)14(24-12)21-6-13(18)19/h4,11-12,14H,5-6H2,1-3H3,(H,18,19). The molecule has 10 heteroatoms. The van der Waals surface area contributed by atoms with E-state index in [1.54, 1.807) is 0 Å². The molecule has 1 rings (SSSR count). The van der Waals surface area contributed by atoms with Gasteiger partial charge >= 0.3 is 23.9 Å². The zero-order valence-corrected chi connectivity index (χ0v) is 13.3. The third-order valence-electron chi connectivity index (χ3n) is 2.59. The minimum Gasteiger partial charge on any atom is -0.480 e. The average Bonchev–Trinajstić information content (AvgIpc) is 2.43. The van der Waals surface area contributed by atoms with Gasteiger partial charge in [0.05, 0.1) is 0 Å². The third kappa shape index (κ3) is 6.75. The lowest BCUT2D eigenvalue weighted by Crippen LogP contribution is -2.45. The number of hydrogen-bond donors (Lipinski definition) is 1. The zero-order chi connectivity index (χ0) is 18.3. The molecule has 1 heterocycles. The molecule has 134 valence electrons. The first-order valence-electron chi connectivity index (χ1n) is 6.88. The summed E-state index contributed by atoms with van der Waals surface area (Å²) in [5.41, 5.74) is 0. The van der Waals surface area contributed by atoms with Gasteiger partial charge in [-0.25, -0.2) is 4.79 Å². The molecule has 1 N–H and O–H groups in total. The lowest BCUT2D eigenvalue weighted by Gasteiger charge is -2.33. The van der Waals surface area contributed by atoms with Crippen molar-refractivity contribution in [2.75, 3.05) is 13.2 Å². The maximum atomic E-state index is 11.2. The molecule has 0 bridgehead atoms. The summed E-state index contributed by atoms with van der Waals surface area (Å²) in [6.45, 7) is 2.46. The van der Waals surface area contributed by atoms with Crippen molar-refractivity contribution in [3.05, 3.63) is 11.8 Å². The SMILES string of the molecule is CC(=O)OCC1OC(OCC(=O)O)C(OC(C)=O)C=C1OC(C)=O. The molecule has 0 radical (unpaired) electrons. The zero-order valence-electron chi connectivity index (χ0n) is 13.3. The molecular formula is C14H18O10. The van der Waals surface area contributed by atoms with E-state index in [1.165, 1.54) is 13.0 Å². The Hall–Kier alpha value is -2.46. The summed E-state index contributed by atoms with van der Waals surface area (Å²) in [6, 6.07) is 0. The second-order valence-corrected chi connectivity index (χ2v) is 4.74. The van der Waals surface area contributed by atoms with Crippen LogP contribution in [0.1, 0.15) is 20.8 Å². The summed E-state index contributed by atoms with van der Waals surface area (Å²) in [6.07, 6.45) is -2.19. The van der Waals surface area contributed by atoms with Crippen molar-refractivity contribution in [3.63, 3.8) is 0 Å². The molecule has 0 aromatic carbocycles. The Kier molecular flexibility index (Phi) is 7.33. The molecule has 0 aromatic rings. The van der Waals surface area contributed by atoms with Gasteiger partial charge in [-0.2, -0.15) is 0 Å². The Balaban J connectivity index is 2.99. The molecule has 24 heavy (non-hydrogen) atoms. The minimum atomic E-state index is -1.27. The largest absolute Gasteiger partial charge is 0.480 e. The van der Waals surface area contributed by atoms with E-state index in [2.05, 4.69) is 0 Å². The van der Waals surface area contributed by atoms with Gasteiger partial charge in [-0.1, -0.05) is 0 Å². The molecule has 10 nitrogen and oxygen atoms in total. The smallest absolute Gasteiger partial charge is 0.329 e. The Morgan fingerprint density at radius 2 is 1.79 bits per heavy atom. The Morgan fingerprint density at radius 1 is 1.12 bits per heavy atom. The van der Waals surface area contributed by atoms with Crippen LogP contribution >= 0.6 is 0 Å². The van der Waals surface area contributed by atoms with Crippen LogP contribution in [0.2, 0.25) is 0 Å². The van der Waals surface area contributed by atoms with Crippen LogP contribution in [0.3, 0.4) is 0 Å². The second-order valence-electron chi connectivity index (χ2n) is 4.74. The van der Waals surface area contributed by atoms with Crippen molar-refractivity contribution in [2.24, 2.45) is 0 Å². The van der Waals surface area contributed by atoms with Gasteiger partial charge in [0.15, 0.2) is 18.5 Å². The summed E-state index contributed by atoms with van der Waals surface area (Å²) in [4.78, 5) is 43.9. The van der Waals surface area contributed by atoms with Crippen molar-refractivity contribution in [1.82, 2.24) is 0 Å². The highest BCUT2D eigenvalue weighted by Crippen LogP contribution is 2.24. The van der Waals surface area contributed by atoms with E-state index in [-0.39, 0.29) is 12.4 Å². The number of carboxylic acids is 1. The van der Waals surface area contributed by atoms with Crippen molar-refractivity contribution in [1.29, 1.82) is 0 Å². The molecule has 0 aliphatic carbocycles. The van der Waals surface area contributed by atoms with Gasteiger partial charge in [0.25, 0.3) is 0 Å². The van der Waals surface area contributed by atoms with Gasteiger partial charge in [-0.3, -0.25) is 14.4 Å². The molecule has 1 aliphatic heterocycles. The Bertz CT molecular complexity index is 538. The van der Waals surface area contributed by atoms with Gasteiger partial charge < -0.3 is 28.8 Å². The van der Waals surface area contributed by atoms with E-state index in [4.69, 9.17) is 28.8 Å². The highest BCUT2D eigenvalue weighted by molar-refractivity contribution is 5.69. The van der Waals surface area contributed by atoms with Crippen LogP contribution in [0, 0.1) is 0 Å². The summed E-state index contributed by atoms with van der Waals surface area (Å²) < 4.78 is 25.2. The minimum absolute atomic E-state index is 0.0369. The number of rotatable bonds is 7. The van der Waals surface area contributed by atoms with Crippen LogP contribution in [0.25, 0.3) is 0 Å². The average molecular weight is 346 g/mol. The molecular weight excluding hydrogens is 328 g/mol. The fourth-order valence-electron chi connectivity index (χ4n) is 1.80. The number of aliphatic carboxylic acids is 1. The van der Waals surface area contributed by atoms with Crippen LogP contribution < -0.4 is 0 Å². The maximum absolute atomic E-state index is 11.2. The van der Waals surface area contributed by atoms with Crippen molar-refractivity contribution in [2.45, 2.75) is 39.3 Å². The van der Waals surface area contributed by atoms with Crippen LogP contribution in [0.15, 0.2) is 11.8 Å². The fraction of sp³-hybridized carbons (Fsp3) is 0.571. The summed E-state index contributed by atoms with van der Waals surface area (Å²) in [5.74, 6) is -3.23. The molecule has 0 aromatic heterocycles. The first-order valence-corrected chi connectivity index (χ1v) is 6.88. The Labute approximate surface area is 137 Å². The monoisotopic (exact) mass is 346 g/mol. The van der Waals surface area contributed by atoms with E-state index in [0.717, 1.165) is 13.8 Å². The first kappa shape index (κ1) is 19.6. The van der Waals surface area contributed by atoms with E-state index in [9.17, 15) is 19.2 Å². The van der Waals surface area contributed by atoms with Crippen molar-refractivity contribution >= 4 is 23.9 Å². The van der Waals surface area contributed by atoms with Gasteiger partial charge in [0.1, 0.15) is 19.0 Å². The number of hydrogen-bond acceptors (Lipinski definition) is 9. The van der Waals surface area contributed by atoms with Crippen LogP contribution in [-0.4, -0.2) is 60.7 Å². The number of carboxylic acid groups (broad SMARTS) is 1. The fourth-order valence-corrected chi connectivity index (χ4v) is 1.80. The predicted octanol–water partition coefficient (Wildman–Crippen LogP) is -0.246. The van der Waals surface area contributed by atoms with Gasteiger partial charge in [0, 0.05) is 26.8 Å². The second kappa shape index (κ2) is 8.99. The van der Waals surface area contributed by atoms with Gasteiger partial charge in [0.2, 0.25) is 0 Å².